The van der Waals surface area contributed by atoms with E-state index in [4.69, 9.17) is 17.3 Å². The number of hydrogen-bond donors (Lipinski definition) is 2. The quantitative estimate of drug-likeness (QED) is 0.562. The van der Waals surface area contributed by atoms with Crippen LogP contribution in [0.25, 0.3) is 0 Å². The van der Waals surface area contributed by atoms with Gasteiger partial charge in [-0.1, -0.05) is 42.3 Å². The van der Waals surface area contributed by atoms with Crippen molar-refractivity contribution in [3.63, 3.8) is 0 Å². The van der Waals surface area contributed by atoms with Crippen molar-refractivity contribution in [2.75, 3.05) is 17.2 Å². The van der Waals surface area contributed by atoms with Crippen LogP contribution in [0.2, 0.25) is 5.02 Å². The summed E-state index contributed by atoms with van der Waals surface area (Å²) in [4.78, 5) is 14.8. The van der Waals surface area contributed by atoms with E-state index in [0.717, 1.165) is 30.6 Å². The Morgan fingerprint density at radius 2 is 2.10 bits per heavy atom. The van der Waals surface area contributed by atoms with Crippen LogP contribution in [0.4, 0.5) is 17.5 Å². The summed E-state index contributed by atoms with van der Waals surface area (Å²) < 4.78 is 0. The Morgan fingerprint density at radius 1 is 1.29 bits per heavy atom. The predicted octanol–water partition coefficient (Wildman–Crippen LogP) is 4.39. The summed E-state index contributed by atoms with van der Waals surface area (Å²) in [6.07, 6.45) is 7.92. The average Bonchev–Trinajstić information content (AvgIpc) is 3.50. The molecule has 1 aliphatic heterocycles. The minimum absolute atomic E-state index is 0.0940. The molecule has 3 N–H and O–H groups in total. The molecule has 8 heteroatoms. The number of fused-ring (bicyclic) bond motifs is 2. The summed E-state index contributed by atoms with van der Waals surface area (Å²) in [5, 5.41) is 13.6. The molecule has 2 aliphatic rings. The van der Waals surface area contributed by atoms with E-state index in [2.05, 4.69) is 43.8 Å². The number of thiazole rings is 1. The Kier molecular flexibility index (Phi) is 4.89. The van der Waals surface area contributed by atoms with Gasteiger partial charge in [0.25, 0.3) is 0 Å². The number of nitrogens with zero attached hydrogens (tertiary/aromatic N) is 4. The standard InChI is InChI=1S/C23H22ClN5OS/c1-22(30,20-26-10-11-31-20)9-6-15-4-5-16-18(12-15)29(14-23(16)7-2-3-8-23)19-17(24)13-27-21(25)28-19/h4-5,10-13,30H,2-3,7-8,14H2,1H3,(H2,25,27,28)/t22-/m1/s1. The second kappa shape index (κ2) is 7.49. The summed E-state index contributed by atoms with van der Waals surface area (Å²) in [6.45, 7) is 2.47. The number of benzene rings is 1. The molecule has 31 heavy (non-hydrogen) atoms. The molecule has 158 valence electrons. The number of aromatic nitrogens is 3. The lowest BCUT2D eigenvalue weighted by atomic mass is 9.80. The highest BCUT2D eigenvalue weighted by Gasteiger charge is 2.45. The van der Waals surface area contributed by atoms with Crippen molar-refractivity contribution in [2.45, 2.75) is 43.6 Å². The van der Waals surface area contributed by atoms with Crippen molar-refractivity contribution < 1.29 is 5.11 Å². The van der Waals surface area contributed by atoms with Gasteiger partial charge in [-0.2, -0.15) is 4.98 Å². The highest BCUT2D eigenvalue weighted by molar-refractivity contribution is 7.09. The number of rotatable bonds is 2. The van der Waals surface area contributed by atoms with Crippen molar-refractivity contribution in [3.05, 3.63) is 57.1 Å². The summed E-state index contributed by atoms with van der Waals surface area (Å²) in [7, 11) is 0. The van der Waals surface area contributed by atoms with Gasteiger partial charge >= 0.3 is 0 Å². The maximum atomic E-state index is 10.7. The van der Waals surface area contributed by atoms with Crippen LogP contribution in [-0.2, 0) is 11.0 Å². The van der Waals surface area contributed by atoms with Crippen LogP contribution < -0.4 is 10.6 Å². The van der Waals surface area contributed by atoms with E-state index >= 15 is 0 Å². The van der Waals surface area contributed by atoms with Gasteiger partial charge in [-0.15, -0.1) is 11.3 Å². The first-order chi connectivity index (χ1) is 14.9. The van der Waals surface area contributed by atoms with E-state index in [0.29, 0.717) is 15.8 Å². The van der Waals surface area contributed by atoms with Crippen LogP contribution >= 0.6 is 22.9 Å². The Balaban J connectivity index is 1.58. The highest BCUT2D eigenvalue weighted by atomic mass is 35.5. The number of hydrogen-bond acceptors (Lipinski definition) is 7. The molecule has 0 bridgehead atoms. The molecule has 1 atom stereocenters. The SMILES string of the molecule is C[C@@](O)(C#Cc1ccc2c(c1)N(c1nc(N)ncc1Cl)CC21CCCC1)c1nccs1. The summed E-state index contributed by atoms with van der Waals surface area (Å²) >= 11 is 7.85. The zero-order valence-corrected chi connectivity index (χ0v) is 18.7. The molecule has 3 heterocycles. The van der Waals surface area contributed by atoms with E-state index in [1.54, 1.807) is 19.3 Å². The number of halogens is 1. The fraction of sp³-hybridized carbons (Fsp3) is 0.348. The van der Waals surface area contributed by atoms with Crippen LogP contribution in [0.1, 0.15) is 48.7 Å². The highest BCUT2D eigenvalue weighted by Crippen LogP contribution is 2.53. The number of nitrogen functional groups attached to an aromatic ring is 1. The lowest BCUT2D eigenvalue weighted by Gasteiger charge is -2.25. The van der Waals surface area contributed by atoms with Gasteiger partial charge in [0.05, 0.1) is 6.20 Å². The average molecular weight is 452 g/mol. The smallest absolute Gasteiger partial charge is 0.222 e. The lowest BCUT2D eigenvalue weighted by molar-refractivity contribution is 0.122. The van der Waals surface area contributed by atoms with E-state index in [1.165, 1.54) is 29.7 Å². The number of anilines is 3. The second-order valence-electron chi connectivity index (χ2n) is 8.36. The first-order valence-electron chi connectivity index (χ1n) is 10.2. The van der Waals surface area contributed by atoms with Gasteiger partial charge in [0.1, 0.15) is 10.0 Å². The Hall–Kier alpha value is -2.66. The van der Waals surface area contributed by atoms with Crippen molar-refractivity contribution in [1.82, 2.24) is 15.0 Å². The molecule has 1 fully saturated rings. The molecule has 3 aromatic rings. The van der Waals surface area contributed by atoms with Crippen molar-refractivity contribution >= 4 is 40.4 Å². The van der Waals surface area contributed by atoms with E-state index < -0.39 is 5.60 Å². The normalized spacial score (nSPS) is 18.5. The van der Waals surface area contributed by atoms with E-state index in [-0.39, 0.29) is 11.4 Å². The summed E-state index contributed by atoms with van der Waals surface area (Å²) in [6, 6.07) is 6.26. The molecule has 0 saturated heterocycles. The Morgan fingerprint density at radius 3 is 2.84 bits per heavy atom. The van der Waals surface area contributed by atoms with Crippen molar-refractivity contribution in [3.8, 4) is 11.8 Å². The predicted molar refractivity (Wildman–Crippen MR) is 124 cm³/mol. The molecule has 6 nitrogen and oxygen atoms in total. The van der Waals surface area contributed by atoms with Gasteiger partial charge < -0.3 is 15.7 Å². The van der Waals surface area contributed by atoms with Gasteiger partial charge in [-0.05, 0) is 37.5 Å². The number of aliphatic hydroxyl groups is 1. The Labute approximate surface area is 190 Å². The van der Waals surface area contributed by atoms with Gasteiger partial charge in [0, 0.05) is 34.8 Å². The topological polar surface area (TPSA) is 88.2 Å². The molecule has 1 aromatic carbocycles. The monoisotopic (exact) mass is 451 g/mol. The summed E-state index contributed by atoms with van der Waals surface area (Å²) in [5.41, 5.74) is 7.82. The third-order valence-electron chi connectivity index (χ3n) is 6.18. The molecule has 5 rings (SSSR count). The maximum absolute atomic E-state index is 10.7. The largest absolute Gasteiger partial charge is 0.371 e. The molecule has 1 spiro atoms. The van der Waals surface area contributed by atoms with Crippen LogP contribution in [0.3, 0.4) is 0 Å². The molecule has 1 aliphatic carbocycles. The maximum Gasteiger partial charge on any atom is 0.222 e. The van der Waals surface area contributed by atoms with Gasteiger partial charge in [0.2, 0.25) is 5.95 Å². The minimum Gasteiger partial charge on any atom is -0.371 e. The lowest BCUT2D eigenvalue weighted by Crippen LogP contribution is -2.29. The molecule has 1 saturated carbocycles. The molecule has 0 unspecified atom stereocenters. The fourth-order valence-corrected chi connectivity index (χ4v) is 5.54. The van der Waals surface area contributed by atoms with E-state index in [1.807, 2.05) is 11.4 Å². The van der Waals surface area contributed by atoms with Crippen LogP contribution in [0.15, 0.2) is 36.0 Å². The van der Waals surface area contributed by atoms with Crippen LogP contribution in [0, 0.1) is 11.8 Å². The van der Waals surface area contributed by atoms with Crippen LogP contribution in [0.5, 0.6) is 0 Å². The van der Waals surface area contributed by atoms with Crippen molar-refractivity contribution in [2.24, 2.45) is 0 Å². The molecule has 0 radical (unpaired) electrons. The zero-order chi connectivity index (χ0) is 21.6. The van der Waals surface area contributed by atoms with Gasteiger partial charge in [-0.25, -0.2) is 9.97 Å². The van der Waals surface area contributed by atoms with E-state index in [9.17, 15) is 5.11 Å². The third-order valence-corrected chi connectivity index (χ3v) is 7.43. The first-order valence-corrected chi connectivity index (χ1v) is 11.5. The van der Waals surface area contributed by atoms with Crippen LogP contribution in [-0.4, -0.2) is 26.6 Å². The van der Waals surface area contributed by atoms with Gasteiger partial charge in [0.15, 0.2) is 11.4 Å². The second-order valence-corrected chi connectivity index (χ2v) is 9.67. The fourth-order valence-electron chi connectivity index (χ4n) is 4.69. The minimum atomic E-state index is -1.30. The molecular formula is C23H22ClN5OS. The van der Waals surface area contributed by atoms with Crippen molar-refractivity contribution in [1.29, 1.82) is 0 Å². The van der Waals surface area contributed by atoms with Gasteiger partial charge in [-0.3, -0.25) is 0 Å². The Bertz CT molecular complexity index is 1190. The summed E-state index contributed by atoms with van der Waals surface area (Å²) in [5.74, 6) is 6.92. The number of nitrogens with two attached hydrogens (primary N) is 1. The molecular weight excluding hydrogens is 430 g/mol. The molecule has 0 amide bonds. The molecule has 2 aromatic heterocycles. The zero-order valence-electron chi connectivity index (χ0n) is 17.1. The third kappa shape index (κ3) is 3.55. The first kappa shape index (κ1) is 20.3.